The van der Waals surface area contributed by atoms with Crippen LogP contribution in [0.3, 0.4) is 0 Å². The molecule has 0 aromatic rings. The molecule has 0 radical (unpaired) electrons. The number of halogens is 1. The molecule has 0 aliphatic heterocycles. The Morgan fingerprint density at radius 3 is 2.73 bits per heavy atom. The second-order valence-electron chi connectivity index (χ2n) is 2.34. The minimum absolute atomic E-state index is 0.342. The van der Waals surface area contributed by atoms with Gasteiger partial charge in [0.25, 0.3) is 0 Å². The van der Waals surface area contributed by atoms with Crippen LogP contribution in [-0.2, 0) is 9.08 Å². The van der Waals surface area contributed by atoms with Crippen LogP contribution in [0, 0.1) is 0 Å². The van der Waals surface area contributed by atoms with Gasteiger partial charge >= 0.3 is 5.97 Å². The summed E-state index contributed by atoms with van der Waals surface area (Å²) in [4.78, 5) is 10.5. The zero-order valence-corrected chi connectivity index (χ0v) is 7.27. The number of carbonyl (C=O) groups is 1. The number of hydrogen-bond donors (Lipinski definition) is 0. The molecule has 0 atom stereocenters. The zero-order valence-electron chi connectivity index (χ0n) is 6.51. The normalized spacial score (nSPS) is 9.18. The lowest BCUT2D eigenvalue weighted by Gasteiger charge is -1.95. The summed E-state index contributed by atoms with van der Waals surface area (Å²) in [5.74, 6) is -0.342. The fourth-order valence-electron chi connectivity index (χ4n) is 0.773. The topological polar surface area (TPSA) is 26.3 Å². The van der Waals surface area contributed by atoms with Gasteiger partial charge in [-0.05, 0) is 19.3 Å². The molecule has 0 spiro atoms. The summed E-state index contributed by atoms with van der Waals surface area (Å²) >= 11 is 4.83. The summed E-state index contributed by atoms with van der Waals surface area (Å²) < 4.78 is 3.97. The molecule has 0 rings (SSSR count). The van der Waals surface area contributed by atoms with Crippen molar-refractivity contribution in [3.63, 3.8) is 0 Å². The van der Waals surface area contributed by atoms with Gasteiger partial charge in [0, 0.05) is 6.42 Å². The quantitative estimate of drug-likeness (QED) is 0.460. The average Bonchev–Trinajstić information content (AvgIpc) is 2.04. The number of allylic oxidation sites excluding steroid dienone is 1. The van der Waals surface area contributed by atoms with Crippen LogP contribution in [0.25, 0.3) is 0 Å². The van der Waals surface area contributed by atoms with Crippen molar-refractivity contribution in [2.75, 3.05) is 0 Å². The molecule has 0 saturated heterocycles. The van der Waals surface area contributed by atoms with E-state index in [1.165, 1.54) is 0 Å². The van der Waals surface area contributed by atoms with Gasteiger partial charge in [-0.15, -0.1) is 6.58 Å². The first kappa shape index (κ1) is 10.5. The predicted octanol–water partition coefficient (Wildman–Crippen LogP) is 2.82. The van der Waals surface area contributed by atoms with E-state index in [1.807, 2.05) is 6.08 Å². The highest BCUT2D eigenvalue weighted by Gasteiger charge is 1.99. The van der Waals surface area contributed by atoms with Gasteiger partial charge in [0.15, 0.2) is 0 Å². The molecule has 64 valence electrons. The minimum atomic E-state index is -0.342. The van der Waals surface area contributed by atoms with Gasteiger partial charge < -0.3 is 4.29 Å². The van der Waals surface area contributed by atoms with Crippen molar-refractivity contribution in [2.24, 2.45) is 0 Å². The fraction of sp³-hybridized carbons (Fsp3) is 0.625. The smallest absolute Gasteiger partial charge is 0.324 e. The van der Waals surface area contributed by atoms with E-state index in [0.717, 1.165) is 25.7 Å². The maximum atomic E-state index is 10.5. The second kappa shape index (κ2) is 7.61. The Bertz CT molecular complexity index is 123. The first-order chi connectivity index (χ1) is 5.31. The van der Waals surface area contributed by atoms with Gasteiger partial charge in [0.1, 0.15) is 11.9 Å². The van der Waals surface area contributed by atoms with Crippen molar-refractivity contribution in [2.45, 2.75) is 32.1 Å². The Labute approximate surface area is 72.4 Å². The molecule has 0 aromatic heterocycles. The molecule has 0 heterocycles. The number of unbranched alkanes of at least 4 members (excludes halogenated alkanes) is 3. The van der Waals surface area contributed by atoms with Gasteiger partial charge in [-0.3, -0.25) is 4.79 Å². The Balaban J connectivity index is 3.01. The highest BCUT2D eigenvalue weighted by molar-refractivity contribution is 6.13. The lowest BCUT2D eigenvalue weighted by Crippen LogP contribution is -1.95. The van der Waals surface area contributed by atoms with Gasteiger partial charge in [-0.1, -0.05) is 12.5 Å². The van der Waals surface area contributed by atoms with Crippen LogP contribution in [0.1, 0.15) is 32.1 Å². The Hall–Kier alpha value is -0.500. The van der Waals surface area contributed by atoms with E-state index in [1.54, 1.807) is 0 Å². The van der Waals surface area contributed by atoms with Gasteiger partial charge in [0.2, 0.25) is 0 Å². The molecule has 0 bridgehead atoms. The molecule has 0 amide bonds. The third kappa shape index (κ3) is 7.40. The second-order valence-corrected chi connectivity index (χ2v) is 2.49. The molecule has 0 N–H and O–H groups in total. The standard InChI is InChI=1S/C8H13ClO2/c1-2-3-4-5-6-7-8(10)11-9/h2H,1,3-7H2. The Morgan fingerprint density at radius 1 is 1.45 bits per heavy atom. The van der Waals surface area contributed by atoms with Crippen LogP contribution in [0.2, 0.25) is 0 Å². The largest absolute Gasteiger partial charge is 0.348 e. The SMILES string of the molecule is C=CCCCCCC(=O)OCl. The van der Waals surface area contributed by atoms with Crippen molar-refractivity contribution in [1.82, 2.24) is 0 Å². The highest BCUT2D eigenvalue weighted by atomic mass is 35.5. The van der Waals surface area contributed by atoms with E-state index < -0.39 is 0 Å². The molecule has 2 nitrogen and oxygen atoms in total. The van der Waals surface area contributed by atoms with E-state index in [-0.39, 0.29) is 5.97 Å². The number of carbonyl (C=O) groups excluding carboxylic acids is 1. The Kier molecular flexibility index (Phi) is 7.26. The van der Waals surface area contributed by atoms with Crippen molar-refractivity contribution < 1.29 is 9.08 Å². The van der Waals surface area contributed by atoms with Crippen molar-refractivity contribution in [1.29, 1.82) is 0 Å². The summed E-state index contributed by atoms with van der Waals surface area (Å²) in [7, 11) is 0. The molecular formula is C8H13ClO2. The maximum absolute atomic E-state index is 10.5. The third-order valence-corrected chi connectivity index (χ3v) is 1.55. The van der Waals surface area contributed by atoms with E-state index >= 15 is 0 Å². The summed E-state index contributed by atoms with van der Waals surface area (Å²) in [5.41, 5.74) is 0. The summed E-state index contributed by atoms with van der Waals surface area (Å²) in [5, 5.41) is 0. The number of hydrogen-bond acceptors (Lipinski definition) is 2. The summed E-state index contributed by atoms with van der Waals surface area (Å²) in [6.07, 6.45) is 6.26. The molecule has 0 aliphatic carbocycles. The van der Waals surface area contributed by atoms with E-state index in [0.29, 0.717) is 6.42 Å². The first-order valence-electron chi connectivity index (χ1n) is 3.73. The van der Waals surface area contributed by atoms with E-state index in [4.69, 9.17) is 11.9 Å². The molecular weight excluding hydrogens is 164 g/mol. The van der Waals surface area contributed by atoms with Crippen molar-refractivity contribution in [3.05, 3.63) is 12.7 Å². The van der Waals surface area contributed by atoms with Crippen LogP contribution in [0.4, 0.5) is 0 Å². The number of rotatable bonds is 6. The molecule has 11 heavy (non-hydrogen) atoms. The lowest BCUT2D eigenvalue weighted by molar-refractivity contribution is -0.134. The zero-order chi connectivity index (χ0) is 8.53. The van der Waals surface area contributed by atoms with Crippen molar-refractivity contribution in [3.8, 4) is 0 Å². The molecule has 0 fully saturated rings. The highest BCUT2D eigenvalue weighted by Crippen LogP contribution is 2.04. The molecule has 0 saturated carbocycles. The maximum Gasteiger partial charge on any atom is 0.324 e. The summed E-state index contributed by atoms with van der Waals surface area (Å²) in [6.45, 7) is 3.60. The van der Waals surface area contributed by atoms with Gasteiger partial charge in [0.05, 0.1) is 0 Å². The van der Waals surface area contributed by atoms with Crippen LogP contribution < -0.4 is 0 Å². The Morgan fingerprint density at radius 2 is 2.18 bits per heavy atom. The third-order valence-electron chi connectivity index (χ3n) is 1.38. The average molecular weight is 177 g/mol. The first-order valence-corrected chi connectivity index (χ1v) is 4.04. The molecule has 0 aliphatic rings. The van der Waals surface area contributed by atoms with Crippen LogP contribution in [-0.4, -0.2) is 5.97 Å². The molecule has 0 unspecified atom stereocenters. The van der Waals surface area contributed by atoms with Crippen LogP contribution in [0.15, 0.2) is 12.7 Å². The summed E-state index contributed by atoms with van der Waals surface area (Å²) in [6, 6.07) is 0. The van der Waals surface area contributed by atoms with Gasteiger partial charge in [-0.25, -0.2) is 0 Å². The monoisotopic (exact) mass is 176 g/mol. The van der Waals surface area contributed by atoms with Gasteiger partial charge in [-0.2, -0.15) is 0 Å². The van der Waals surface area contributed by atoms with E-state index in [2.05, 4.69) is 10.9 Å². The predicted molar refractivity (Wildman–Crippen MR) is 45.2 cm³/mol. The fourth-order valence-corrected chi connectivity index (χ4v) is 0.851. The van der Waals surface area contributed by atoms with Crippen molar-refractivity contribution >= 4 is 17.8 Å². The lowest BCUT2D eigenvalue weighted by atomic mass is 10.1. The molecule has 3 heteroatoms. The minimum Gasteiger partial charge on any atom is -0.348 e. The van der Waals surface area contributed by atoms with Crippen LogP contribution >= 0.6 is 11.9 Å². The van der Waals surface area contributed by atoms with Crippen LogP contribution in [0.5, 0.6) is 0 Å². The van der Waals surface area contributed by atoms with E-state index in [9.17, 15) is 4.79 Å². The molecule has 0 aromatic carbocycles.